The number of hydrogen-bond acceptors (Lipinski definition) is 14. The zero-order valence-corrected chi connectivity index (χ0v) is 51.5. The van der Waals surface area contributed by atoms with Crippen LogP contribution in [-0.2, 0) is 30.5 Å². The van der Waals surface area contributed by atoms with E-state index in [9.17, 15) is 29.1 Å². The number of hydrogen-bond donors (Lipinski definition) is 4. The van der Waals surface area contributed by atoms with Gasteiger partial charge in [0.15, 0.2) is 11.6 Å². The zero-order chi connectivity index (χ0) is 59.3. The molecule has 452 valence electrons. The molecule has 4 N–H and O–H groups in total. The molecule has 4 amide bonds. The molecule has 0 radical (unpaired) electrons. The Kier molecular flexibility index (Phi) is 28.7. The van der Waals surface area contributed by atoms with Gasteiger partial charge in [-0.3, -0.25) is 19.2 Å². The molecule has 2 atom stereocenters. The first-order valence-electron chi connectivity index (χ1n) is 30.4. The second kappa shape index (κ2) is 35.2. The third-order valence-corrected chi connectivity index (χ3v) is 16.8. The number of unbranched alkanes of at least 4 members (excludes halogenated alkanes) is 9. The third-order valence-electron chi connectivity index (χ3n) is 15.8. The van der Waals surface area contributed by atoms with Gasteiger partial charge in [0, 0.05) is 57.0 Å². The second-order valence-electron chi connectivity index (χ2n) is 23.5. The molecule has 82 heavy (non-hydrogen) atoms. The van der Waals surface area contributed by atoms with Crippen LogP contribution in [0.2, 0.25) is 0 Å². The highest BCUT2D eigenvalue weighted by Crippen LogP contribution is 2.44. The van der Waals surface area contributed by atoms with E-state index in [1.165, 1.54) is 88.1 Å². The summed E-state index contributed by atoms with van der Waals surface area (Å²) >= 11 is 1.64. The first kappa shape index (κ1) is 66.8. The summed E-state index contributed by atoms with van der Waals surface area (Å²) in [5.74, 6) is 1.44. The lowest BCUT2D eigenvalue weighted by molar-refractivity contribution is -0.138. The third kappa shape index (κ3) is 22.0. The molecular weight excluding hydrogens is 1050 g/mol. The molecule has 2 unspecified atom stereocenters. The SMILES string of the molecule is CC.CC(C)(C)C(NC(=O)CCCCCCCCCCCCC(=O)NC1CCCCC1)C(=O)N1CCC(O)C1.COC(=O)c1ccccc1Oc1cncnc1N1CC2(CCN(C)CC2)C1.Cc1ncsc1-c1ccc(CNC=O)cc1. The van der Waals surface area contributed by atoms with Crippen molar-refractivity contribution in [2.45, 2.75) is 195 Å². The summed E-state index contributed by atoms with van der Waals surface area (Å²) in [6, 6.07) is 15.1. The molecule has 8 rings (SSSR count). The number of para-hydroxylation sites is 1. The van der Waals surface area contributed by atoms with Crippen molar-refractivity contribution in [2.75, 3.05) is 58.3 Å². The summed E-state index contributed by atoms with van der Waals surface area (Å²) < 4.78 is 10.9. The van der Waals surface area contributed by atoms with E-state index in [4.69, 9.17) is 9.47 Å². The van der Waals surface area contributed by atoms with Crippen LogP contribution in [0.3, 0.4) is 0 Å². The fraction of sp³-hybridized carbons (Fsp3) is 0.625. The monoisotopic (exact) mass is 1150 g/mol. The lowest BCUT2D eigenvalue weighted by atomic mass is 9.72. The Morgan fingerprint density at radius 2 is 1.44 bits per heavy atom. The minimum absolute atomic E-state index is 0.0551. The van der Waals surface area contributed by atoms with Crippen molar-refractivity contribution >= 4 is 47.3 Å². The van der Waals surface area contributed by atoms with Crippen LogP contribution in [0, 0.1) is 17.8 Å². The van der Waals surface area contributed by atoms with E-state index in [-0.39, 0.29) is 23.1 Å². The topological polar surface area (TPSA) is 209 Å². The Morgan fingerprint density at radius 1 is 0.817 bits per heavy atom. The minimum Gasteiger partial charge on any atom is -0.465 e. The number of aliphatic hydroxyl groups excluding tert-OH is 1. The van der Waals surface area contributed by atoms with Crippen molar-refractivity contribution in [1.29, 1.82) is 0 Å². The van der Waals surface area contributed by atoms with Gasteiger partial charge in [0.1, 0.15) is 23.7 Å². The number of anilines is 1. The van der Waals surface area contributed by atoms with Crippen molar-refractivity contribution in [3.63, 3.8) is 0 Å². The maximum absolute atomic E-state index is 12.9. The van der Waals surface area contributed by atoms with Crippen LogP contribution in [0.1, 0.15) is 185 Å². The zero-order valence-electron chi connectivity index (χ0n) is 50.6. The summed E-state index contributed by atoms with van der Waals surface area (Å²) in [4.78, 5) is 79.9. The number of rotatable bonds is 24. The van der Waals surface area contributed by atoms with E-state index in [0.717, 1.165) is 88.2 Å². The fourth-order valence-corrected chi connectivity index (χ4v) is 11.8. The van der Waals surface area contributed by atoms with Crippen molar-refractivity contribution < 1.29 is 38.6 Å². The van der Waals surface area contributed by atoms with Crippen molar-refractivity contribution in [2.24, 2.45) is 10.8 Å². The highest BCUT2D eigenvalue weighted by molar-refractivity contribution is 7.13. The number of amides is 4. The molecule has 18 heteroatoms. The number of likely N-dealkylation sites (tertiary alicyclic amines) is 2. The predicted molar refractivity (Wildman–Crippen MR) is 327 cm³/mol. The highest BCUT2D eigenvalue weighted by atomic mass is 32.1. The van der Waals surface area contributed by atoms with E-state index in [0.29, 0.717) is 73.8 Å². The van der Waals surface area contributed by atoms with E-state index >= 15 is 0 Å². The van der Waals surface area contributed by atoms with E-state index in [1.54, 1.807) is 40.6 Å². The molecule has 3 saturated heterocycles. The number of aliphatic hydroxyl groups is 1. The number of aryl methyl sites for hydroxylation is 1. The number of methoxy groups -OCH3 is 1. The smallest absolute Gasteiger partial charge is 0.341 e. The van der Waals surface area contributed by atoms with Gasteiger partial charge in [-0.2, -0.15) is 0 Å². The number of ether oxygens (including phenoxy) is 2. The number of piperidine rings is 1. The fourth-order valence-electron chi connectivity index (χ4n) is 10.9. The molecule has 1 aliphatic carbocycles. The number of β-amino-alcohol motifs (C(OH)–C–C–N with tert-alkyl or cyclic N) is 1. The van der Waals surface area contributed by atoms with Crippen LogP contribution in [0.5, 0.6) is 11.5 Å². The van der Waals surface area contributed by atoms with Gasteiger partial charge in [0.05, 0.1) is 35.5 Å². The van der Waals surface area contributed by atoms with E-state index in [2.05, 4.69) is 59.9 Å². The molecule has 5 heterocycles. The Labute approximate surface area is 493 Å². The molecule has 4 aromatic rings. The maximum atomic E-state index is 12.9. The summed E-state index contributed by atoms with van der Waals surface area (Å²) in [6.45, 7) is 17.7. The lowest BCUT2D eigenvalue weighted by Gasteiger charge is -2.54. The Morgan fingerprint density at radius 3 is 2.01 bits per heavy atom. The number of carbonyl (C=O) groups is 5. The molecule has 0 bridgehead atoms. The van der Waals surface area contributed by atoms with Crippen LogP contribution < -0.4 is 25.6 Å². The van der Waals surface area contributed by atoms with Crippen molar-refractivity contribution in [1.82, 2.24) is 40.7 Å². The Bertz CT molecular complexity index is 2530. The molecular formula is C64H97N9O8S. The molecule has 1 spiro atoms. The Balaban J connectivity index is 0.000000238. The van der Waals surface area contributed by atoms with Gasteiger partial charge < -0.3 is 45.2 Å². The van der Waals surface area contributed by atoms with Crippen LogP contribution in [0.15, 0.2) is 66.6 Å². The van der Waals surface area contributed by atoms with Crippen molar-refractivity contribution in [3.05, 3.63) is 83.4 Å². The van der Waals surface area contributed by atoms with Crippen LogP contribution in [0.4, 0.5) is 5.82 Å². The molecule has 4 fully saturated rings. The average Bonchev–Trinajstić information content (AvgIpc) is 2.94. The van der Waals surface area contributed by atoms with Crippen molar-refractivity contribution in [3.8, 4) is 21.9 Å². The van der Waals surface area contributed by atoms with Gasteiger partial charge in [-0.15, -0.1) is 11.3 Å². The van der Waals surface area contributed by atoms with Gasteiger partial charge in [-0.1, -0.05) is 142 Å². The minimum atomic E-state index is -0.559. The summed E-state index contributed by atoms with van der Waals surface area (Å²) in [7, 11) is 3.54. The number of benzene rings is 2. The first-order valence-corrected chi connectivity index (χ1v) is 31.3. The van der Waals surface area contributed by atoms with Gasteiger partial charge in [-0.05, 0) is 101 Å². The van der Waals surface area contributed by atoms with Gasteiger partial charge in [0.25, 0.3) is 0 Å². The number of carbonyl (C=O) groups excluding carboxylic acids is 5. The summed E-state index contributed by atoms with van der Waals surface area (Å²) in [6.07, 6.45) is 25.0. The number of nitrogens with one attached hydrogen (secondary N) is 3. The van der Waals surface area contributed by atoms with Crippen LogP contribution >= 0.6 is 11.3 Å². The van der Waals surface area contributed by atoms with Gasteiger partial charge in [-0.25, -0.2) is 19.7 Å². The summed E-state index contributed by atoms with van der Waals surface area (Å²) in [5.41, 5.74) is 5.58. The summed E-state index contributed by atoms with van der Waals surface area (Å²) in [5, 5.41) is 18.6. The molecule has 4 aliphatic rings. The quantitative estimate of drug-likeness (QED) is 0.0293. The molecule has 2 aromatic carbocycles. The number of esters is 1. The molecule has 17 nitrogen and oxygen atoms in total. The maximum Gasteiger partial charge on any atom is 0.341 e. The lowest BCUT2D eigenvalue weighted by Crippen LogP contribution is -2.60. The number of aromatic nitrogens is 3. The van der Waals surface area contributed by atoms with Gasteiger partial charge in [0.2, 0.25) is 24.1 Å². The Hall–Kier alpha value is -5.98. The normalized spacial score (nSPS) is 17.1. The largest absolute Gasteiger partial charge is 0.465 e. The number of thiazole rings is 1. The standard InChI is InChI=1S/C30H55N3O4.C20H24N4O3.C12H12N2OS.C2H6/c1-30(2,3)28(29(37)33-22-21-25(34)23-33)32-27(36)20-16-11-9-7-5-4-6-8-10-15-19-26(35)31-24-17-13-12-14-18-24;1-23-9-7-20(8-10-23)12-24(13-20)18-17(11-21-14-22-18)27-16-6-4-3-5-15(16)19(25)26-2;1-9-12(16-8-14-9)11-4-2-10(3-5-11)6-13-7-15;1-2/h24-25,28,34H,4-23H2,1-3H3,(H,31,35)(H,32,36);3-6,11,14H,7-10,12-13H2,1-2H3;2-5,7-8H,6H2,1H3,(H,13,15);1-2H3. The van der Waals surface area contributed by atoms with Gasteiger partial charge >= 0.3 is 5.97 Å². The predicted octanol–water partition coefficient (Wildman–Crippen LogP) is 11.2. The van der Waals surface area contributed by atoms with E-state index in [1.807, 2.05) is 65.3 Å². The second-order valence-corrected chi connectivity index (χ2v) is 24.3. The van der Waals surface area contributed by atoms with E-state index < -0.39 is 18.1 Å². The average molecular weight is 1150 g/mol. The number of nitrogens with zero attached hydrogens (tertiary/aromatic N) is 6. The molecule has 3 aliphatic heterocycles. The molecule has 2 aromatic heterocycles. The highest BCUT2D eigenvalue weighted by Gasteiger charge is 2.46. The van der Waals surface area contributed by atoms with Crippen LogP contribution in [-0.4, -0.2) is 132 Å². The molecule has 1 saturated carbocycles. The van der Waals surface area contributed by atoms with Crippen LogP contribution in [0.25, 0.3) is 10.4 Å². The first-order chi connectivity index (χ1) is 39.6.